The van der Waals surface area contributed by atoms with Gasteiger partial charge in [-0.15, -0.1) is 0 Å². The Morgan fingerprint density at radius 1 is 1.02 bits per heavy atom. The van der Waals surface area contributed by atoms with Crippen LogP contribution in [-0.4, -0.2) is 110 Å². The predicted octanol–water partition coefficient (Wildman–Crippen LogP) is 3.31. The molecule has 1 aromatic carbocycles. The molecule has 4 heterocycles. The van der Waals surface area contributed by atoms with Crippen molar-refractivity contribution in [3.63, 3.8) is 0 Å². The van der Waals surface area contributed by atoms with Gasteiger partial charge < -0.3 is 34.0 Å². The van der Waals surface area contributed by atoms with Crippen molar-refractivity contribution < 1.29 is 19.3 Å². The molecular formula is C29H40N6O4S. The number of hydrogen-bond donors (Lipinski definition) is 1. The van der Waals surface area contributed by atoms with Gasteiger partial charge in [0.2, 0.25) is 5.95 Å². The molecule has 2 aromatic heterocycles. The number of aliphatic hydroxyl groups is 1. The van der Waals surface area contributed by atoms with E-state index in [1.807, 2.05) is 12.1 Å². The number of morpholine rings is 2. The van der Waals surface area contributed by atoms with Crippen molar-refractivity contribution in [2.45, 2.75) is 26.1 Å². The second-order valence-corrected chi connectivity index (χ2v) is 11.5. The largest absolute Gasteiger partial charge is 0.495 e. The third-order valence-corrected chi connectivity index (χ3v) is 8.18. The van der Waals surface area contributed by atoms with Crippen molar-refractivity contribution in [2.75, 3.05) is 92.9 Å². The first-order valence-corrected chi connectivity index (χ1v) is 15.1. The monoisotopic (exact) mass is 568 g/mol. The first kappa shape index (κ1) is 28.7. The molecule has 10 nitrogen and oxygen atoms in total. The lowest BCUT2D eigenvalue weighted by Crippen LogP contribution is -2.46. The summed E-state index contributed by atoms with van der Waals surface area (Å²) in [6.45, 7) is 9.62. The Labute approximate surface area is 240 Å². The van der Waals surface area contributed by atoms with Crippen molar-refractivity contribution in [3.05, 3.63) is 30.3 Å². The molecular weight excluding hydrogens is 528 g/mol. The summed E-state index contributed by atoms with van der Waals surface area (Å²) in [5.74, 6) is 4.07. The van der Waals surface area contributed by atoms with Crippen LogP contribution in [0.5, 0.6) is 5.75 Å². The number of fused-ring (bicyclic) bond motifs is 1. The van der Waals surface area contributed by atoms with Gasteiger partial charge in [0.1, 0.15) is 11.6 Å². The number of aliphatic hydroxyl groups excluding tert-OH is 1. The Morgan fingerprint density at radius 2 is 1.80 bits per heavy atom. The highest BCUT2D eigenvalue weighted by Gasteiger charge is 2.27. The maximum atomic E-state index is 9.09. The van der Waals surface area contributed by atoms with Crippen LogP contribution in [0.3, 0.4) is 0 Å². The lowest BCUT2D eigenvalue weighted by atomic mass is 10.1. The van der Waals surface area contributed by atoms with Crippen LogP contribution in [-0.2, 0) is 9.47 Å². The highest BCUT2D eigenvalue weighted by molar-refractivity contribution is 7.99. The normalized spacial score (nSPS) is 19.7. The van der Waals surface area contributed by atoms with E-state index in [2.05, 4.69) is 53.8 Å². The molecule has 0 bridgehead atoms. The quantitative estimate of drug-likeness (QED) is 0.365. The molecule has 0 aliphatic carbocycles. The fourth-order valence-electron chi connectivity index (χ4n) is 5.28. The number of thioether (sulfide) groups is 1. The highest BCUT2D eigenvalue weighted by atomic mass is 32.2. The van der Waals surface area contributed by atoms with E-state index in [1.165, 1.54) is 0 Å². The van der Waals surface area contributed by atoms with Gasteiger partial charge in [-0.05, 0) is 44.2 Å². The molecule has 2 fully saturated rings. The second kappa shape index (κ2) is 13.2. The van der Waals surface area contributed by atoms with Crippen LogP contribution in [0, 0.1) is 0 Å². The zero-order valence-corrected chi connectivity index (χ0v) is 24.7. The summed E-state index contributed by atoms with van der Waals surface area (Å²) < 4.78 is 17.3. The molecule has 216 valence electrons. The number of nitrogens with zero attached hydrogens (tertiary/aromatic N) is 6. The molecule has 0 radical (unpaired) electrons. The number of hydrogen-bond acceptors (Lipinski definition) is 11. The Bertz CT molecular complexity index is 1280. The molecule has 40 heavy (non-hydrogen) atoms. The van der Waals surface area contributed by atoms with Crippen molar-refractivity contribution in [1.29, 1.82) is 0 Å². The summed E-state index contributed by atoms with van der Waals surface area (Å²) in [4.78, 5) is 21.8. The first-order chi connectivity index (χ1) is 19.5. The van der Waals surface area contributed by atoms with E-state index >= 15 is 0 Å². The average molecular weight is 569 g/mol. The van der Waals surface area contributed by atoms with E-state index in [0.29, 0.717) is 24.8 Å². The molecule has 0 amide bonds. The molecule has 0 saturated carbocycles. The Kier molecular flexibility index (Phi) is 9.46. The summed E-state index contributed by atoms with van der Waals surface area (Å²) in [5, 5.41) is 10.0. The smallest absolute Gasteiger partial charge is 0.229 e. The number of aromatic nitrogens is 3. The minimum Gasteiger partial charge on any atom is -0.495 e. The molecule has 1 N–H and O–H groups in total. The number of ether oxygens (including phenoxy) is 3. The minimum absolute atomic E-state index is 0.103. The zero-order valence-electron chi connectivity index (χ0n) is 23.9. The summed E-state index contributed by atoms with van der Waals surface area (Å²) in [5.41, 5.74) is 3.53. The fourth-order valence-corrected chi connectivity index (χ4v) is 6.01. The summed E-state index contributed by atoms with van der Waals surface area (Å²) in [6, 6.07) is 10.3. The van der Waals surface area contributed by atoms with E-state index in [0.717, 1.165) is 78.1 Å². The zero-order chi connectivity index (χ0) is 28.1. The van der Waals surface area contributed by atoms with Crippen molar-refractivity contribution in [3.8, 4) is 17.0 Å². The predicted molar refractivity (Wildman–Crippen MR) is 162 cm³/mol. The molecule has 2 saturated heterocycles. The van der Waals surface area contributed by atoms with E-state index in [-0.39, 0.29) is 18.8 Å². The molecule has 5 rings (SSSR count). The van der Waals surface area contributed by atoms with Crippen LogP contribution in [0.1, 0.15) is 13.8 Å². The van der Waals surface area contributed by atoms with Gasteiger partial charge >= 0.3 is 0 Å². The van der Waals surface area contributed by atoms with Crippen molar-refractivity contribution in [1.82, 2.24) is 15.0 Å². The molecule has 2 atom stereocenters. The third-order valence-electron chi connectivity index (χ3n) is 7.23. The summed E-state index contributed by atoms with van der Waals surface area (Å²) in [6.07, 6.45) is 0.205. The minimum atomic E-state index is 0.103. The van der Waals surface area contributed by atoms with Gasteiger partial charge in [-0.1, -0.05) is 0 Å². The average Bonchev–Trinajstić information content (AvgIpc) is 2.98. The Morgan fingerprint density at radius 3 is 2.52 bits per heavy atom. The van der Waals surface area contributed by atoms with Crippen LogP contribution >= 0.6 is 11.8 Å². The topological polar surface area (TPSA) is 96.3 Å². The van der Waals surface area contributed by atoms with Gasteiger partial charge in [0.05, 0.1) is 55.9 Å². The number of benzene rings is 1. The van der Waals surface area contributed by atoms with Gasteiger partial charge in [0.25, 0.3) is 0 Å². The lowest BCUT2D eigenvalue weighted by Gasteiger charge is -2.36. The fraction of sp³-hybridized carbons (Fsp3) is 0.552. The van der Waals surface area contributed by atoms with E-state index in [4.69, 9.17) is 34.3 Å². The maximum Gasteiger partial charge on any atom is 0.229 e. The maximum absolute atomic E-state index is 9.09. The molecule has 2 aliphatic heterocycles. The summed E-state index contributed by atoms with van der Waals surface area (Å²) in [7, 11) is 3.76. The number of pyridine rings is 1. The summed E-state index contributed by atoms with van der Waals surface area (Å²) >= 11 is 1.74. The number of anilines is 3. The van der Waals surface area contributed by atoms with Crippen molar-refractivity contribution >= 4 is 40.2 Å². The Balaban J connectivity index is 1.52. The number of rotatable bonds is 10. The van der Waals surface area contributed by atoms with E-state index in [1.54, 1.807) is 18.9 Å². The van der Waals surface area contributed by atoms with Crippen LogP contribution < -0.4 is 19.4 Å². The van der Waals surface area contributed by atoms with Gasteiger partial charge in [0, 0.05) is 56.8 Å². The van der Waals surface area contributed by atoms with Crippen LogP contribution in [0.25, 0.3) is 22.3 Å². The Hall–Kier alpha value is -2.86. The van der Waals surface area contributed by atoms with Gasteiger partial charge in [-0.2, -0.15) is 21.7 Å². The van der Waals surface area contributed by atoms with E-state index in [9.17, 15) is 0 Å². The molecule has 3 aromatic rings. The SMILES string of the molecule is COc1ccc(-c2ccc3c(N4CCOCC4)nc(N4CC(C)OC(C)C4)nc3n2)cc1N(C)CCSCCO. The van der Waals surface area contributed by atoms with Crippen LogP contribution in [0.15, 0.2) is 30.3 Å². The highest BCUT2D eigenvalue weighted by Crippen LogP contribution is 2.34. The number of methoxy groups -OCH3 is 1. The van der Waals surface area contributed by atoms with E-state index < -0.39 is 0 Å². The third kappa shape index (κ3) is 6.54. The van der Waals surface area contributed by atoms with Crippen molar-refractivity contribution in [2.24, 2.45) is 0 Å². The van der Waals surface area contributed by atoms with Gasteiger partial charge in [-0.3, -0.25) is 0 Å². The van der Waals surface area contributed by atoms with Crippen LogP contribution in [0.2, 0.25) is 0 Å². The molecule has 2 aliphatic rings. The molecule has 11 heteroatoms. The molecule has 2 unspecified atom stereocenters. The van der Waals surface area contributed by atoms with Gasteiger partial charge in [-0.25, -0.2) is 4.98 Å². The standard InChI is InChI=1S/C29H40N6O4S/c1-20-18-35(19-21(2)39-20)29-31-27-23(28(32-29)34-9-13-38-14-10-34)6-7-24(30-27)22-5-8-26(37-4)25(17-22)33(3)11-15-40-16-12-36/h5-8,17,20-21,36H,9-16,18-19H2,1-4H3. The molecule has 0 spiro atoms. The lowest BCUT2D eigenvalue weighted by molar-refractivity contribution is -0.00570. The first-order valence-electron chi connectivity index (χ1n) is 14.0. The van der Waals surface area contributed by atoms with Gasteiger partial charge in [0.15, 0.2) is 5.65 Å². The van der Waals surface area contributed by atoms with Crippen LogP contribution in [0.4, 0.5) is 17.5 Å². The second-order valence-electron chi connectivity index (χ2n) is 10.3.